The molecule has 1 N–H and O–H groups in total. The van der Waals surface area contributed by atoms with Crippen molar-refractivity contribution in [3.05, 3.63) is 24.0 Å². The van der Waals surface area contributed by atoms with Gasteiger partial charge < -0.3 is 9.47 Å². The number of hydrogen-bond donors (Lipinski definition) is 1. The quantitative estimate of drug-likeness (QED) is 0.658. The van der Waals surface area contributed by atoms with E-state index in [-0.39, 0.29) is 0 Å². The number of hydrogen-bond acceptors (Lipinski definition) is 5. The predicted molar refractivity (Wildman–Crippen MR) is 67.8 cm³/mol. The molecule has 0 spiro atoms. The van der Waals surface area contributed by atoms with Crippen LogP contribution < -0.4 is 10.2 Å². The third kappa shape index (κ3) is 5.29. The van der Waals surface area contributed by atoms with Gasteiger partial charge >= 0.3 is 6.09 Å². The number of methoxy groups -OCH3 is 1. The fraction of sp³-hybridized carbons (Fsp3) is 0.417. The summed E-state index contributed by atoms with van der Waals surface area (Å²) in [6.07, 6.45) is 4.04. The zero-order chi connectivity index (χ0) is 13.6. The Morgan fingerprint density at radius 2 is 2.17 bits per heavy atom. The fourth-order valence-corrected chi connectivity index (χ4v) is 1.08. The minimum absolute atomic E-state index is 0.545. The average Bonchev–Trinajstić information content (AvgIpc) is 2.27. The molecule has 0 saturated heterocycles. The smallest absolute Gasteiger partial charge is 0.428 e. The Morgan fingerprint density at radius 1 is 1.44 bits per heavy atom. The largest absolute Gasteiger partial charge is 0.495 e. The maximum absolute atomic E-state index is 11.3. The molecule has 1 aromatic rings. The van der Waals surface area contributed by atoms with Crippen LogP contribution in [0, 0.1) is 0 Å². The number of amides is 1. The molecule has 6 heteroatoms. The summed E-state index contributed by atoms with van der Waals surface area (Å²) in [6.45, 7) is 5.34. The minimum atomic E-state index is -0.602. The first-order valence-electron chi connectivity index (χ1n) is 5.42. The lowest BCUT2D eigenvalue weighted by molar-refractivity contribution is 0.0529. The van der Waals surface area contributed by atoms with Crippen LogP contribution in [-0.2, 0) is 4.74 Å². The molecule has 0 atom stereocenters. The van der Waals surface area contributed by atoms with Gasteiger partial charge in [-0.15, -0.1) is 0 Å². The van der Waals surface area contributed by atoms with Crippen LogP contribution in [0.1, 0.15) is 26.3 Å². The number of pyridine rings is 1. The van der Waals surface area contributed by atoms with Crippen molar-refractivity contribution in [2.75, 3.05) is 7.11 Å². The normalized spacial score (nSPS) is 11.3. The maximum atomic E-state index is 11.3. The van der Waals surface area contributed by atoms with Gasteiger partial charge in [-0.2, -0.15) is 5.10 Å². The first-order valence-corrected chi connectivity index (χ1v) is 5.42. The van der Waals surface area contributed by atoms with Gasteiger partial charge in [-0.05, 0) is 26.8 Å². The van der Waals surface area contributed by atoms with Crippen molar-refractivity contribution >= 4 is 12.3 Å². The lowest BCUT2D eigenvalue weighted by Gasteiger charge is -2.18. The van der Waals surface area contributed by atoms with E-state index < -0.39 is 11.7 Å². The number of ether oxygens (including phenoxy) is 2. The molecule has 0 aliphatic heterocycles. The number of nitrogens with one attached hydrogen (secondary N) is 1. The van der Waals surface area contributed by atoms with Gasteiger partial charge in [0.1, 0.15) is 11.4 Å². The van der Waals surface area contributed by atoms with Gasteiger partial charge in [0.2, 0.25) is 0 Å². The van der Waals surface area contributed by atoms with Crippen molar-refractivity contribution in [3.63, 3.8) is 0 Å². The van der Waals surface area contributed by atoms with Crippen molar-refractivity contribution in [2.45, 2.75) is 26.4 Å². The third-order valence-corrected chi connectivity index (χ3v) is 1.74. The summed E-state index contributed by atoms with van der Waals surface area (Å²) in [5, 5.41) is 3.76. The van der Waals surface area contributed by atoms with Gasteiger partial charge in [0.05, 0.1) is 19.5 Å². The average molecular weight is 251 g/mol. The van der Waals surface area contributed by atoms with Gasteiger partial charge in [0, 0.05) is 11.8 Å². The molecule has 0 aromatic carbocycles. The molecule has 1 aromatic heterocycles. The molecule has 1 amide bonds. The highest BCUT2D eigenvalue weighted by atomic mass is 16.6. The summed E-state index contributed by atoms with van der Waals surface area (Å²) in [4.78, 5) is 15.2. The molecule has 1 rings (SSSR count). The second-order valence-electron chi connectivity index (χ2n) is 4.53. The molecule has 18 heavy (non-hydrogen) atoms. The van der Waals surface area contributed by atoms with E-state index in [0.29, 0.717) is 11.3 Å². The molecule has 0 aliphatic rings. The molecular formula is C12H17N3O3. The topological polar surface area (TPSA) is 72.8 Å². The lowest BCUT2D eigenvalue weighted by atomic mass is 10.2. The summed E-state index contributed by atoms with van der Waals surface area (Å²) in [7, 11) is 1.55. The number of carbonyl (C=O) groups is 1. The molecule has 0 aliphatic carbocycles. The van der Waals surface area contributed by atoms with Gasteiger partial charge in [-0.3, -0.25) is 4.98 Å². The number of aromatic nitrogens is 1. The Bertz CT molecular complexity index is 438. The van der Waals surface area contributed by atoms with Crippen LogP contribution in [0.4, 0.5) is 4.79 Å². The Hall–Kier alpha value is -2.11. The van der Waals surface area contributed by atoms with Gasteiger partial charge in [0.25, 0.3) is 0 Å². The minimum Gasteiger partial charge on any atom is -0.495 e. The Balaban J connectivity index is 2.52. The van der Waals surface area contributed by atoms with Gasteiger partial charge in [-0.25, -0.2) is 10.2 Å². The van der Waals surface area contributed by atoms with E-state index >= 15 is 0 Å². The zero-order valence-corrected chi connectivity index (χ0v) is 10.9. The Labute approximate surface area is 106 Å². The van der Waals surface area contributed by atoms with Crippen molar-refractivity contribution in [1.82, 2.24) is 10.4 Å². The monoisotopic (exact) mass is 251 g/mol. The molecule has 0 bridgehead atoms. The van der Waals surface area contributed by atoms with Crippen molar-refractivity contribution < 1.29 is 14.3 Å². The van der Waals surface area contributed by atoms with Crippen LogP contribution in [0.2, 0.25) is 0 Å². The molecular weight excluding hydrogens is 234 g/mol. The van der Waals surface area contributed by atoms with Crippen LogP contribution in [0.5, 0.6) is 5.75 Å². The van der Waals surface area contributed by atoms with E-state index in [1.165, 1.54) is 6.21 Å². The summed E-state index contributed by atoms with van der Waals surface area (Å²) in [5.74, 6) is 0.621. The number of rotatable bonds is 3. The van der Waals surface area contributed by atoms with Crippen LogP contribution in [0.25, 0.3) is 0 Å². The number of carbonyl (C=O) groups excluding carboxylic acids is 1. The second-order valence-corrected chi connectivity index (χ2v) is 4.53. The fourth-order valence-electron chi connectivity index (χ4n) is 1.08. The lowest BCUT2D eigenvalue weighted by Crippen LogP contribution is -2.29. The van der Waals surface area contributed by atoms with E-state index in [2.05, 4.69) is 15.5 Å². The first kappa shape index (κ1) is 14.0. The van der Waals surface area contributed by atoms with Gasteiger partial charge in [0.15, 0.2) is 0 Å². The van der Waals surface area contributed by atoms with E-state index in [1.54, 1.807) is 46.3 Å². The third-order valence-electron chi connectivity index (χ3n) is 1.74. The van der Waals surface area contributed by atoms with Crippen LogP contribution in [0.3, 0.4) is 0 Å². The molecule has 1 heterocycles. The molecule has 0 radical (unpaired) electrons. The Morgan fingerprint density at radius 3 is 2.78 bits per heavy atom. The van der Waals surface area contributed by atoms with Crippen LogP contribution in [-0.4, -0.2) is 30.0 Å². The van der Waals surface area contributed by atoms with E-state index in [1.807, 2.05) is 0 Å². The summed E-state index contributed by atoms with van der Waals surface area (Å²) < 4.78 is 10.0. The molecule has 0 saturated carbocycles. The standard InChI is InChI=1S/C12H17N3O3/c1-12(2,3)18-11(16)15-14-7-9-5-10(17-4)8-13-6-9/h5-8H,1-4H3,(H,15,16). The highest BCUT2D eigenvalue weighted by molar-refractivity contribution is 5.80. The highest BCUT2D eigenvalue weighted by Crippen LogP contribution is 2.08. The van der Waals surface area contributed by atoms with Crippen molar-refractivity contribution in [3.8, 4) is 5.75 Å². The van der Waals surface area contributed by atoms with Crippen LogP contribution >= 0.6 is 0 Å². The molecule has 0 unspecified atom stereocenters. The molecule has 0 fully saturated rings. The number of nitrogens with zero attached hydrogens (tertiary/aromatic N) is 2. The van der Waals surface area contributed by atoms with Crippen molar-refractivity contribution in [2.24, 2.45) is 5.10 Å². The SMILES string of the molecule is COc1cncc(C=NNC(=O)OC(C)(C)C)c1. The van der Waals surface area contributed by atoms with Crippen LogP contribution in [0.15, 0.2) is 23.6 Å². The predicted octanol–water partition coefficient (Wildman–Crippen LogP) is 1.95. The highest BCUT2D eigenvalue weighted by Gasteiger charge is 2.15. The first-order chi connectivity index (χ1) is 8.40. The van der Waals surface area contributed by atoms with Crippen molar-refractivity contribution in [1.29, 1.82) is 0 Å². The zero-order valence-electron chi connectivity index (χ0n) is 10.9. The summed E-state index contributed by atoms with van der Waals surface area (Å²) >= 11 is 0. The summed E-state index contributed by atoms with van der Waals surface area (Å²) in [5.41, 5.74) is 2.43. The molecule has 6 nitrogen and oxygen atoms in total. The Kier molecular flexibility index (Phi) is 4.65. The molecule has 98 valence electrons. The van der Waals surface area contributed by atoms with E-state index in [0.717, 1.165) is 0 Å². The second kappa shape index (κ2) is 6.00. The van der Waals surface area contributed by atoms with E-state index in [4.69, 9.17) is 9.47 Å². The number of hydrazone groups is 1. The maximum Gasteiger partial charge on any atom is 0.428 e. The van der Waals surface area contributed by atoms with E-state index in [9.17, 15) is 4.79 Å². The van der Waals surface area contributed by atoms with Gasteiger partial charge in [-0.1, -0.05) is 0 Å². The summed E-state index contributed by atoms with van der Waals surface area (Å²) in [6, 6.07) is 1.74.